The van der Waals surface area contributed by atoms with Crippen LogP contribution < -0.4 is 9.47 Å². The molecule has 1 aromatic carbocycles. The molecule has 1 rings (SSSR count). The van der Waals surface area contributed by atoms with E-state index in [2.05, 4.69) is 6.58 Å². The third-order valence-corrected chi connectivity index (χ3v) is 2.16. The molecule has 0 bridgehead atoms. The van der Waals surface area contributed by atoms with E-state index in [1.165, 1.54) is 7.11 Å². The number of hydrogen-bond donors (Lipinski definition) is 0. The lowest BCUT2D eigenvalue weighted by molar-refractivity contribution is -0.129. The van der Waals surface area contributed by atoms with Gasteiger partial charge in [-0.05, 0) is 24.1 Å². The van der Waals surface area contributed by atoms with Crippen LogP contribution in [0.3, 0.4) is 0 Å². The first-order valence-corrected chi connectivity index (χ1v) is 5.16. The summed E-state index contributed by atoms with van der Waals surface area (Å²) >= 11 is 0. The summed E-state index contributed by atoms with van der Waals surface area (Å²) in [6, 6.07) is 5.21. The Morgan fingerprint density at radius 3 is 2.76 bits per heavy atom. The van der Waals surface area contributed by atoms with Crippen LogP contribution in [-0.4, -0.2) is 19.4 Å². The molecule has 0 aliphatic heterocycles. The average Bonchev–Trinajstić information content (AvgIpc) is 2.36. The number of ether oxygens (including phenoxy) is 2. The predicted molar refractivity (Wildman–Crippen MR) is 63.2 cm³/mol. The van der Waals surface area contributed by atoms with Crippen LogP contribution in [0.1, 0.15) is 12.0 Å². The van der Waals surface area contributed by atoms with Crippen molar-refractivity contribution in [1.29, 1.82) is 0 Å². The Balaban J connectivity index is 2.92. The topological polar surface area (TPSA) is 52.6 Å². The molecule has 17 heavy (non-hydrogen) atoms. The molecule has 0 unspecified atom stereocenters. The summed E-state index contributed by atoms with van der Waals surface area (Å²) < 4.78 is 10.1. The Kier molecular flexibility index (Phi) is 4.94. The molecule has 0 fully saturated rings. The lowest BCUT2D eigenvalue weighted by Crippen LogP contribution is -2.05. The van der Waals surface area contributed by atoms with Crippen molar-refractivity contribution in [3.05, 3.63) is 36.4 Å². The number of carbonyl (C=O) groups excluding carboxylic acids is 2. The van der Waals surface area contributed by atoms with Crippen molar-refractivity contribution >= 4 is 12.3 Å². The zero-order valence-electron chi connectivity index (χ0n) is 9.64. The zero-order chi connectivity index (χ0) is 12.7. The molecule has 0 aliphatic rings. The van der Waals surface area contributed by atoms with Crippen LogP contribution in [0.2, 0.25) is 0 Å². The summed E-state index contributed by atoms with van der Waals surface area (Å²) in [6.45, 7) is 3.32. The summed E-state index contributed by atoms with van der Waals surface area (Å²) in [4.78, 5) is 21.4. The molecule has 0 heterocycles. The van der Waals surface area contributed by atoms with Gasteiger partial charge in [0.2, 0.25) is 0 Å². The van der Waals surface area contributed by atoms with Gasteiger partial charge in [0.05, 0.1) is 7.11 Å². The second-order valence-electron chi connectivity index (χ2n) is 3.32. The van der Waals surface area contributed by atoms with Gasteiger partial charge in [-0.3, -0.25) is 0 Å². The molecule has 0 saturated carbocycles. The molecular weight excluding hydrogens is 220 g/mol. The van der Waals surface area contributed by atoms with Crippen LogP contribution in [0.5, 0.6) is 11.5 Å². The molecule has 4 nitrogen and oxygen atoms in total. The van der Waals surface area contributed by atoms with E-state index in [-0.39, 0.29) is 0 Å². The number of benzene rings is 1. The van der Waals surface area contributed by atoms with Crippen molar-refractivity contribution in [3.63, 3.8) is 0 Å². The number of rotatable bonds is 6. The SMILES string of the molecule is C=CC(=O)Oc1cc(CCC=O)ccc1OC. The predicted octanol–water partition coefficient (Wildman–Crippen LogP) is 1.92. The Morgan fingerprint density at radius 2 is 2.18 bits per heavy atom. The van der Waals surface area contributed by atoms with Crippen LogP contribution in [0.4, 0.5) is 0 Å². The van der Waals surface area contributed by atoms with E-state index >= 15 is 0 Å². The Labute approximate surface area is 99.8 Å². The fraction of sp³-hybridized carbons (Fsp3) is 0.231. The van der Waals surface area contributed by atoms with Crippen molar-refractivity contribution < 1.29 is 19.1 Å². The maximum absolute atomic E-state index is 11.1. The highest BCUT2D eigenvalue weighted by atomic mass is 16.6. The highest BCUT2D eigenvalue weighted by Crippen LogP contribution is 2.28. The van der Waals surface area contributed by atoms with Crippen LogP contribution in [-0.2, 0) is 16.0 Å². The van der Waals surface area contributed by atoms with E-state index in [1.54, 1.807) is 12.1 Å². The van der Waals surface area contributed by atoms with Gasteiger partial charge in [-0.1, -0.05) is 12.6 Å². The smallest absolute Gasteiger partial charge is 0.335 e. The average molecular weight is 234 g/mol. The van der Waals surface area contributed by atoms with Crippen molar-refractivity contribution in [1.82, 2.24) is 0 Å². The van der Waals surface area contributed by atoms with Crippen LogP contribution in [0, 0.1) is 0 Å². The van der Waals surface area contributed by atoms with Gasteiger partial charge in [0.15, 0.2) is 11.5 Å². The summed E-state index contributed by atoms with van der Waals surface area (Å²) in [6.07, 6.45) is 2.96. The molecule has 0 amide bonds. The minimum atomic E-state index is -0.546. The molecule has 0 saturated heterocycles. The zero-order valence-corrected chi connectivity index (χ0v) is 9.64. The monoisotopic (exact) mass is 234 g/mol. The molecule has 0 aromatic heterocycles. The summed E-state index contributed by atoms with van der Waals surface area (Å²) in [5.41, 5.74) is 0.907. The fourth-order valence-electron chi connectivity index (χ4n) is 1.33. The second-order valence-corrected chi connectivity index (χ2v) is 3.32. The van der Waals surface area contributed by atoms with Gasteiger partial charge in [-0.15, -0.1) is 0 Å². The van der Waals surface area contributed by atoms with E-state index in [0.717, 1.165) is 17.9 Å². The molecule has 0 spiro atoms. The van der Waals surface area contributed by atoms with Crippen molar-refractivity contribution in [2.24, 2.45) is 0 Å². The van der Waals surface area contributed by atoms with Gasteiger partial charge in [0, 0.05) is 12.5 Å². The van der Waals surface area contributed by atoms with Crippen molar-refractivity contribution in [3.8, 4) is 11.5 Å². The fourth-order valence-corrected chi connectivity index (χ4v) is 1.33. The van der Waals surface area contributed by atoms with Crippen LogP contribution in [0.15, 0.2) is 30.9 Å². The first-order valence-electron chi connectivity index (χ1n) is 5.16. The number of hydrogen-bond acceptors (Lipinski definition) is 4. The highest BCUT2D eigenvalue weighted by molar-refractivity contribution is 5.83. The van der Waals surface area contributed by atoms with E-state index in [4.69, 9.17) is 9.47 Å². The third-order valence-electron chi connectivity index (χ3n) is 2.16. The van der Waals surface area contributed by atoms with Crippen molar-refractivity contribution in [2.75, 3.05) is 7.11 Å². The molecule has 1 aromatic rings. The maximum atomic E-state index is 11.1. The number of aldehydes is 1. The lowest BCUT2D eigenvalue weighted by atomic mass is 10.1. The van der Waals surface area contributed by atoms with E-state index in [9.17, 15) is 9.59 Å². The minimum absolute atomic E-state index is 0.334. The molecule has 90 valence electrons. The van der Waals surface area contributed by atoms with Gasteiger partial charge in [0.1, 0.15) is 6.29 Å². The van der Waals surface area contributed by atoms with Gasteiger partial charge >= 0.3 is 5.97 Å². The quantitative estimate of drug-likeness (QED) is 0.326. The van der Waals surface area contributed by atoms with Gasteiger partial charge < -0.3 is 14.3 Å². The molecule has 0 aliphatic carbocycles. The summed E-state index contributed by atoms with van der Waals surface area (Å²) in [5, 5.41) is 0. The molecule has 4 heteroatoms. The first kappa shape index (κ1) is 13.0. The summed E-state index contributed by atoms with van der Waals surface area (Å²) in [7, 11) is 1.49. The Morgan fingerprint density at radius 1 is 1.41 bits per heavy atom. The molecule has 0 N–H and O–H groups in total. The normalized spacial score (nSPS) is 9.47. The molecule has 0 atom stereocenters. The van der Waals surface area contributed by atoms with E-state index < -0.39 is 5.97 Å². The van der Waals surface area contributed by atoms with Gasteiger partial charge in [-0.2, -0.15) is 0 Å². The van der Waals surface area contributed by atoms with Gasteiger partial charge in [-0.25, -0.2) is 4.79 Å². The minimum Gasteiger partial charge on any atom is -0.493 e. The standard InChI is InChI=1S/C13H14O4/c1-3-13(15)17-12-9-10(5-4-8-14)6-7-11(12)16-2/h3,6-9H,1,4-5H2,2H3. The number of carbonyl (C=O) groups is 2. The lowest BCUT2D eigenvalue weighted by Gasteiger charge is -2.09. The van der Waals surface area contributed by atoms with Crippen LogP contribution >= 0.6 is 0 Å². The number of methoxy groups -OCH3 is 1. The number of esters is 1. The van der Waals surface area contributed by atoms with Gasteiger partial charge in [0.25, 0.3) is 0 Å². The highest BCUT2D eigenvalue weighted by Gasteiger charge is 2.08. The largest absolute Gasteiger partial charge is 0.493 e. The Hall–Kier alpha value is -2.10. The molecular formula is C13H14O4. The first-order chi connectivity index (χ1) is 8.21. The van der Waals surface area contributed by atoms with E-state index in [1.807, 2.05) is 6.07 Å². The third kappa shape index (κ3) is 3.75. The summed E-state index contributed by atoms with van der Waals surface area (Å²) in [5.74, 6) is 0.256. The van der Waals surface area contributed by atoms with E-state index in [0.29, 0.717) is 24.3 Å². The number of aryl methyl sites for hydroxylation is 1. The van der Waals surface area contributed by atoms with Crippen LogP contribution in [0.25, 0.3) is 0 Å². The maximum Gasteiger partial charge on any atom is 0.335 e. The molecule has 0 radical (unpaired) electrons. The Bertz CT molecular complexity index is 423. The second kappa shape index (κ2) is 6.48. The van der Waals surface area contributed by atoms with Crippen molar-refractivity contribution in [2.45, 2.75) is 12.8 Å².